The number of halogens is 1. The van der Waals surface area contributed by atoms with Crippen LogP contribution in [0.4, 0.5) is 4.79 Å². The normalized spacial score (nSPS) is 12.4. The van der Waals surface area contributed by atoms with Crippen LogP contribution in [-0.2, 0) is 14.3 Å². The molecule has 0 aliphatic rings. The summed E-state index contributed by atoms with van der Waals surface area (Å²) in [7, 11) is 0. The third kappa shape index (κ3) is 10.9. The molecule has 1 atom stereocenters. The van der Waals surface area contributed by atoms with E-state index in [0.717, 1.165) is 0 Å². The van der Waals surface area contributed by atoms with Gasteiger partial charge < -0.3 is 20.5 Å². The van der Waals surface area contributed by atoms with Gasteiger partial charge in [0.2, 0.25) is 5.91 Å². The number of hydrogen-bond acceptors (Lipinski definition) is 4. The van der Waals surface area contributed by atoms with Crippen LogP contribution in [-0.4, -0.2) is 47.1 Å². The first-order valence-corrected chi connectivity index (χ1v) is 7.24. The summed E-state index contributed by atoms with van der Waals surface area (Å²) >= 11 is 5.49. The van der Waals surface area contributed by atoms with Gasteiger partial charge in [-0.2, -0.15) is 0 Å². The Balaban J connectivity index is 4.23. The van der Waals surface area contributed by atoms with Crippen molar-refractivity contribution in [2.45, 2.75) is 51.7 Å². The van der Waals surface area contributed by atoms with Crippen LogP contribution in [0.2, 0.25) is 0 Å². The number of rotatable bonds is 8. The second-order valence-electron chi connectivity index (χ2n) is 5.49. The van der Waals surface area contributed by atoms with Crippen LogP contribution in [0.5, 0.6) is 0 Å². The van der Waals surface area contributed by atoms with E-state index >= 15 is 0 Å². The van der Waals surface area contributed by atoms with E-state index in [-0.39, 0.29) is 18.9 Å². The summed E-state index contributed by atoms with van der Waals surface area (Å²) in [5, 5.41) is 13.7. The second kappa shape index (κ2) is 9.44. The van der Waals surface area contributed by atoms with Crippen molar-refractivity contribution in [2.75, 3.05) is 12.4 Å². The number of ether oxygens (including phenoxy) is 1. The molecule has 0 aromatic rings. The summed E-state index contributed by atoms with van der Waals surface area (Å²) in [6, 6.07) is -1.24. The van der Waals surface area contributed by atoms with Crippen molar-refractivity contribution in [2.24, 2.45) is 0 Å². The topological polar surface area (TPSA) is 105 Å². The molecule has 0 aliphatic heterocycles. The molecule has 0 spiro atoms. The molecule has 1 unspecified atom stereocenters. The second-order valence-corrected chi connectivity index (χ2v) is 5.87. The van der Waals surface area contributed by atoms with Gasteiger partial charge in [0, 0.05) is 18.8 Å². The molecule has 21 heavy (non-hydrogen) atoms. The van der Waals surface area contributed by atoms with Crippen LogP contribution in [0.1, 0.15) is 40.0 Å². The minimum Gasteiger partial charge on any atom is -0.480 e. The molecule has 0 saturated heterocycles. The third-order valence-electron chi connectivity index (χ3n) is 2.28. The van der Waals surface area contributed by atoms with E-state index in [1.54, 1.807) is 20.8 Å². The minimum atomic E-state index is -1.25. The fraction of sp³-hybridized carbons (Fsp3) is 0.769. The Bertz CT molecular complexity index is 368. The zero-order chi connectivity index (χ0) is 16.5. The maximum absolute atomic E-state index is 11.5. The number of aliphatic carboxylic acids is 1. The number of carboxylic acids is 1. The highest BCUT2D eigenvalue weighted by Gasteiger charge is 2.24. The largest absolute Gasteiger partial charge is 0.480 e. The molecule has 0 fully saturated rings. The molecule has 0 bridgehead atoms. The van der Waals surface area contributed by atoms with E-state index in [2.05, 4.69) is 10.6 Å². The fourth-order valence-electron chi connectivity index (χ4n) is 1.33. The van der Waals surface area contributed by atoms with Crippen LogP contribution in [0, 0.1) is 0 Å². The van der Waals surface area contributed by atoms with Gasteiger partial charge in [-0.25, -0.2) is 9.59 Å². The van der Waals surface area contributed by atoms with Gasteiger partial charge in [0.1, 0.15) is 11.6 Å². The molecule has 122 valence electrons. The third-order valence-corrected chi connectivity index (χ3v) is 2.55. The first-order valence-electron chi connectivity index (χ1n) is 6.70. The average Bonchev–Trinajstić information content (AvgIpc) is 2.32. The number of carbonyl (C=O) groups is 3. The van der Waals surface area contributed by atoms with E-state index in [0.29, 0.717) is 18.7 Å². The fourth-order valence-corrected chi connectivity index (χ4v) is 1.52. The van der Waals surface area contributed by atoms with Crippen molar-refractivity contribution in [3.63, 3.8) is 0 Å². The first-order chi connectivity index (χ1) is 9.65. The number of nitrogens with one attached hydrogen (secondary N) is 2. The number of alkyl carbamates (subject to hydrolysis) is 1. The van der Waals surface area contributed by atoms with Crippen LogP contribution >= 0.6 is 11.6 Å². The molecular weight excluding hydrogens is 300 g/mol. The van der Waals surface area contributed by atoms with Crippen LogP contribution in [0.15, 0.2) is 0 Å². The molecule has 0 radical (unpaired) electrons. The SMILES string of the molecule is CC(C)(C)OC(=O)NC(CNC(=O)CCCCCl)C(=O)O. The van der Waals surface area contributed by atoms with Crippen LogP contribution in [0.3, 0.4) is 0 Å². The summed E-state index contributed by atoms with van der Waals surface area (Å²) in [6.07, 6.45) is 0.775. The summed E-state index contributed by atoms with van der Waals surface area (Å²) in [4.78, 5) is 34.0. The average molecular weight is 323 g/mol. The van der Waals surface area contributed by atoms with Crippen molar-refractivity contribution in [1.29, 1.82) is 0 Å². The van der Waals surface area contributed by atoms with E-state index in [1.807, 2.05) is 0 Å². The van der Waals surface area contributed by atoms with Crippen LogP contribution in [0.25, 0.3) is 0 Å². The summed E-state index contributed by atoms with van der Waals surface area (Å²) in [5.41, 5.74) is -0.724. The Hall–Kier alpha value is -1.50. The highest BCUT2D eigenvalue weighted by atomic mass is 35.5. The lowest BCUT2D eigenvalue weighted by Crippen LogP contribution is -2.49. The Morgan fingerprint density at radius 3 is 2.33 bits per heavy atom. The molecule has 0 rings (SSSR count). The number of carbonyl (C=O) groups excluding carboxylic acids is 2. The van der Waals surface area contributed by atoms with Gasteiger partial charge in [-0.15, -0.1) is 11.6 Å². The van der Waals surface area contributed by atoms with E-state index in [1.165, 1.54) is 0 Å². The summed E-state index contributed by atoms with van der Waals surface area (Å²) in [5.74, 6) is -1.05. The molecule has 0 aromatic heterocycles. The molecule has 7 nitrogen and oxygen atoms in total. The zero-order valence-corrected chi connectivity index (χ0v) is 13.3. The lowest BCUT2D eigenvalue weighted by molar-refractivity contribution is -0.139. The lowest BCUT2D eigenvalue weighted by atomic mass is 10.2. The number of amides is 2. The number of carboxylic acid groups (broad SMARTS) is 1. The number of hydrogen-bond donors (Lipinski definition) is 3. The quantitative estimate of drug-likeness (QED) is 0.464. The summed E-state index contributed by atoms with van der Waals surface area (Å²) < 4.78 is 4.96. The number of unbranched alkanes of at least 4 members (excludes halogenated alkanes) is 1. The molecule has 0 heterocycles. The van der Waals surface area contributed by atoms with Crippen molar-refractivity contribution in [3.8, 4) is 0 Å². The Labute approximate surface area is 129 Å². The van der Waals surface area contributed by atoms with Gasteiger partial charge in [-0.05, 0) is 33.6 Å². The van der Waals surface area contributed by atoms with E-state index in [9.17, 15) is 14.4 Å². The smallest absolute Gasteiger partial charge is 0.408 e. The highest BCUT2D eigenvalue weighted by molar-refractivity contribution is 6.17. The Morgan fingerprint density at radius 2 is 1.86 bits per heavy atom. The van der Waals surface area contributed by atoms with Crippen molar-refractivity contribution < 1.29 is 24.2 Å². The molecule has 0 aliphatic carbocycles. The molecule has 2 amide bonds. The van der Waals surface area contributed by atoms with Gasteiger partial charge >= 0.3 is 12.1 Å². The van der Waals surface area contributed by atoms with Crippen LogP contribution < -0.4 is 10.6 Å². The highest BCUT2D eigenvalue weighted by Crippen LogP contribution is 2.06. The van der Waals surface area contributed by atoms with Gasteiger partial charge in [0.15, 0.2) is 0 Å². The van der Waals surface area contributed by atoms with E-state index in [4.69, 9.17) is 21.4 Å². The van der Waals surface area contributed by atoms with Gasteiger partial charge in [0.25, 0.3) is 0 Å². The molecular formula is C13H23ClN2O5. The predicted octanol–water partition coefficient (Wildman–Crippen LogP) is 1.49. The number of alkyl halides is 1. The molecule has 8 heteroatoms. The van der Waals surface area contributed by atoms with Gasteiger partial charge in [0.05, 0.1) is 0 Å². The first kappa shape index (κ1) is 19.5. The maximum atomic E-state index is 11.5. The lowest BCUT2D eigenvalue weighted by Gasteiger charge is -2.22. The van der Waals surface area contributed by atoms with Crippen molar-refractivity contribution >= 4 is 29.6 Å². The Morgan fingerprint density at radius 1 is 1.24 bits per heavy atom. The zero-order valence-electron chi connectivity index (χ0n) is 12.6. The molecule has 3 N–H and O–H groups in total. The molecule has 0 aromatic carbocycles. The summed E-state index contributed by atoms with van der Waals surface area (Å²) in [6.45, 7) is 4.80. The van der Waals surface area contributed by atoms with E-state index < -0.39 is 23.7 Å². The van der Waals surface area contributed by atoms with Crippen molar-refractivity contribution in [1.82, 2.24) is 10.6 Å². The Kier molecular flexibility index (Phi) is 8.76. The monoisotopic (exact) mass is 322 g/mol. The van der Waals surface area contributed by atoms with Crippen molar-refractivity contribution in [3.05, 3.63) is 0 Å². The minimum absolute atomic E-state index is 0.200. The maximum Gasteiger partial charge on any atom is 0.408 e. The molecule has 0 saturated carbocycles. The van der Waals surface area contributed by atoms with Gasteiger partial charge in [-0.1, -0.05) is 0 Å². The standard InChI is InChI=1S/C13H23ClN2O5/c1-13(2,3)21-12(20)16-9(11(18)19)8-15-10(17)6-4-5-7-14/h9H,4-8H2,1-3H3,(H,15,17)(H,16,20)(H,18,19). The predicted molar refractivity (Wildman–Crippen MR) is 78.4 cm³/mol. The van der Waals surface area contributed by atoms with Gasteiger partial charge in [-0.3, -0.25) is 4.79 Å².